The molecule has 3 heteroatoms. The topological polar surface area (TPSA) is 38.4 Å². The van der Waals surface area contributed by atoms with Crippen LogP contribution in [0.1, 0.15) is 45.9 Å². The van der Waals surface area contributed by atoms with E-state index in [1.807, 2.05) is 46.2 Å². The van der Waals surface area contributed by atoms with Crippen molar-refractivity contribution in [3.63, 3.8) is 0 Å². The summed E-state index contributed by atoms with van der Waals surface area (Å²) < 4.78 is 5.81. The smallest absolute Gasteiger partial charge is 0.138 e. The van der Waals surface area contributed by atoms with Gasteiger partial charge < -0.3 is 4.42 Å². The van der Waals surface area contributed by atoms with Gasteiger partial charge in [0, 0.05) is 42.5 Å². The molecule has 0 aliphatic carbocycles. The summed E-state index contributed by atoms with van der Waals surface area (Å²) in [6.07, 6.45) is 6.49. The highest BCUT2D eigenvalue weighted by Gasteiger charge is 2.17. The number of hydrogen-bond acceptors (Lipinski definition) is 3. The number of aromatic nitrogens is 1. The van der Waals surface area contributed by atoms with Crippen LogP contribution < -0.4 is 0 Å². The first-order valence-electron chi connectivity index (χ1n) is 7.20. The van der Waals surface area contributed by atoms with E-state index >= 15 is 0 Å². The summed E-state index contributed by atoms with van der Waals surface area (Å²) in [6.45, 7) is 11.1. The summed E-state index contributed by atoms with van der Waals surface area (Å²) in [6, 6.07) is 1.91. The molecule has 1 unspecified atom stereocenters. The third kappa shape index (κ3) is 3.43. The van der Waals surface area contributed by atoms with Crippen molar-refractivity contribution in [2.75, 3.05) is 6.54 Å². The predicted molar refractivity (Wildman–Crippen MR) is 82.0 cm³/mol. The van der Waals surface area contributed by atoms with Gasteiger partial charge in [-0.15, -0.1) is 0 Å². The fourth-order valence-electron chi connectivity index (χ4n) is 2.01. The second kappa shape index (κ2) is 7.72. The van der Waals surface area contributed by atoms with Gasteiger partial charge >= 0.3 is 0 Å². The molecule has 19 heavy (non-hydrogen) atoms. The maximum absolute atomic E-state index is 5.81. The first-order valence-corrected chi connectivity index (χ1v) is 7.20. The fraction of sp³-hybridized carbons (Fsp3) is 0.500. The molecule has 1 atom stereocenters. The van der Waals surface area contributed by atoms with E-state index in [1.54, 1.807) is 6.20 Å². The molecule has 0 fully saturated rings. The minimum atomic E-state index is 0.552. The summed E-state index contributed by atoms with van der Waals surface area (Å²) in [4.78, 5) is 8.52. The maximum Gasteiger partial charge on any atom is 0.138 e. The third-order valence-electron chi connectivity index (χ3n) is 2.78. The summed E-state index contributed by atoms with van der Waals surface area (Å²) in [5, 5.41) is 1.07. The van der Waals surface area contributed by atoms with Crippen LogP contribution in [0.2, 0.25) is 0 Å². The molecule has 0 N–H and O–H groups in total. The van der Waals surface area contributed by atoms with Crippen molar-refractivity contribution >= 4 is 17.2 Å². The van der Waals surface area contributed by atoms with Crippen LogP contribution in [0.3, 0.4) is 0 Å². The number of furan rings is 1. The second-order valence-electron chi connectivity index (χ2n) is 4.11. The molecule has 104 valence electrons. The molecule has 2 aromatic rings. The minimum Gasteiger partial charge on any atom is -0.460 e. The average Bonchev–Trinajstić information content (AvgIpc) is 2.70. The molecule has 0 saturated heterocycles. The first kappa shape index (κ1) is 15.4. The Balaban J connectivity index is 0.000000415. The normalized spacial score (nSPS) is 16.6. The number of pyridine rings is 1. The molecule has 0 saturated carbocycles. The Morgan fingerprint density at radius 2 is 1.95 bits per heavy atom. The van der Waals surface area contributed by atoms with Crippen LogP contribution in [0.4, 0.5) is 0 Å². The number of nitrogens with zero attached hydrogens (tertiary/aromatic N) is 2. The molecular weight excluding hydrogens is 236 g/mol. The van der Waals surface area contributed by atoms with Gasteiger partial charge in [-0.1, -0.05) is 34.6 Å². The van der Waals surface area contributed by atoms with Crippen molar-refractivity contribution in [1.29, 1.82) is 0 Å². The zero-order valence-corrected chi connectivity index (χ0v) is 12.6. The lowest BCUT2D eigenvalue weighted by molar-refractivity contribution is 0.488. The van der Waals surface area contributed by atoms with E-state index in [0.29, 0.717) is 5.92 Å². The molecular formula is C16H24N2O. The van der Waals surface area contributed by atoms with Crippen molar-refractivity contribution in [2.24, 2.45) is 10.9 Å². The lowest BCUT2D eigenvalue weighted by Gasteiger charge is -2.02. The molecule has 3 nitrogen and oxygen atoms in total. The van der Waals surface area contributed by atoms with Gasteiger partial charge in [-0.3, -0.25) is 9.98 Å². The standard InChI is InChI=1S/C12H12N2O.2C2H6/c1-8-4-12-10(7-14-5-8)9-6-13-3-2-11(9)15-12;2*1-2/h2-3,6-8H,4-5H2,1H3;2*1-2H3. The van der Waals surface area contributed by atoms with E-state index in [1.165, 1.54) is 0 Å². The molecule has 1 aliphatic heterocycles. The van der Waals surface area contributed by atoms with Gasteiger partial charge in [-0.05, 0) is 12.0 Å². The van der Waals surface area contributed by atoms with Crippen molar-refractivity contribution in [3.8, 4) is 0 Å². The van der Waals surface area contributed by atoms with E-state index in [0.717, 1.165) is 35.3 Å². The van der Waals surface area contributed by atoms with Crippen LogP contribution in [-0.4, -0.2) is 17.7 Å². The van der Waals surface area contributed by atoms with Crippen molar-refractivity contribution in [3.05, 3.63) is 29.8 Å². The van der Waals surface area contributed by atoms with Gasteiger partial charge in [0.15, 0.2) is 0 Å². The zero-order chi connectivity index (χ0) is 14.3. The number of aliphatic imine (C=N–C) groups is 1. The Hall–Kier alpha value is -1.64. The number of hydrogen-bond donors (Lipinski definition) is 0. The van der Waals surface area contributed by atoms with E-state index in [9.17, 15) is 0 Å². The minimum absolute atomic E-state index is 0.552. The molecule has 2 aromatic heterocycles. The summed E-state index contributed by atoms with van der Waals surface area (Å²) in [5.74, 6) is 1.60. The highest BCUT2D eigenvalue weighted by atomic mass is 16.3. The van der Waals surface area contributed by atoms with Gasteiger partial charge in [0.2, 0.25) is 0 Å². The first-order chi connectivity index (χ1) is 9.34. The average molecular weight is 260 g/mol. The fourth-order valence-corrected chi connectivity index (χ4v) is 2.01. The van der Waals surface area contributed by atoms with E-state index < -0.39 is 0 Å². The van der Waals surface area contributed by atoms with Crippen molar-refractivity contribution in [1.82, 2.24) is 4.98 Å². The lowest BCUT2D eigenvalue weighted by atomic mass is 10.1. The summed E-state index contributed by atoms with van der Waals surface area (Å²) in [5.41, 5.74) is 2.03. The Labute approximate surface area is 115 Å². The van der Waals surface area contributed by atoms with Crippen molar-refractivity contribution in [2.45, 2.75) is 41.0 Å². The SMILES string of the molecule is CC.CC.CC1CN=Cc2c(oc3ccncc23)C1. The van der Waals surface area contributed by atoms with Crippen LogP contribution in [0.25, 0.3) is 11.0 Å². The molecule has 0 bridgehead atoms. The molecule has 0 aromatic carbocycles. The van der Waals surface area contributed by atoms with Crippen molar-refractivity contribution < 1.29 is 4.42 Å². The molecule has 3 heterocycles. The van der Waals surface area contributed by atoms with Crippen LogP contribution in [0.5, 0.6) is 0 Å². The van der Waals surface area contributed by atoms with Gasteiger partial charge in [-0.25, -0.2) is 0 Å². The molecule has 0 radical (unpaired) electrons. The zero-order valence-electron chi connectivity index (χ0n) is 12.6. The highest BCUT2D eigenvalue weighted by Crippen LogP contribution is 2.27. The predicted octanol–water partition coefficient (Wildman–Crippen LogP) is 4.49. The maximum atomic E-state index is 5.81. The molecule has 0 spiro atoms. The van der Waals surface area contributed by atoms with Crippen LogP contribution in [-0.2, 0) is 6.42 Å². The Morgan fingerprint density at radius 3 is 2.68 bits per heavy atom. The molecule has 0 amide bonds. The van der Waals surface area contributed by atoms with E-state index in [2.05, 4.69) is 16.9 Å². The third-order valence-corrected chi connectivity index (χ3v) is 2.78. The van der Waals surface area contributed by atoms with Crippen LogP contribution in [0.15, 0.2) is 27.9 Å². The van der Waals surface area contributed by atoms with E-state index in [4.69, 9.17) is 4.42 Å². The largest absolute Gasteiger partial charge is 0.460 e. The number of rotatable bonds is 0. The summed E-state index contributed by atoms with van der Waals surface area (Å²) >= 11 is 0. The quantitative estimate of drug-likeness (QED) is 0.700. The van der Waals surface area contributed by atoms with Crippen LogP contribution >= 0.6 is 0 Å². The Bertz CT molecular complexity index is 529. The monoisotopic (exact) mass is 260 g/mol. The van der Waals surface area contributed by atoms with Gasteiger partial charge in [0.05, 0.1) is 0 Å². The molecule has 1 aliphatic rings. The lowest BCUT2D eigenvalue weighted by Crippen LogP contribution is -2.00. The van der Waals surface area contributed by atoms with Gasteiger partial charge in [0.1, 0.15) is 11.3 Å². The number of fused-ring (bicyclic) bond motifs is 3. The van der Waals surface area contributed by atoms with Crippen LogP contribution in [0, 0.1) is 5.92 Å². The molecule has 3 rings (SSSR count). The second-order valence-corrected chi connectivity index (χ2v) is 4.11. The Kier molecular flexibility index (Phi) is 6.26. The van der Waals surface area contributed by atoms with E-state index in [-0.39, 0.29) is 0 Å². The summed E-state index contributed by atoms with van der Waals surface area (Å²) in [7, 11) is 0. The van der Waals surface area contributed by atoms with Gasteiger partial charge in [-0.2, -0.15) is 0 Å². The highest BCUT2D eigenvalue weighted by molar-refractivity contribution is 5.99. The Morgan fingerprint density at radius 1 is 1.21 bits per heavy atom. The van der Waals surface area contributed by atoms with Gasteiger partial charge in [0.25, 0.3) is 0 Å².